The Bertz CT molecular complexity index is 552. The summed E-state index contributed by atoms with van der Waals surface area (Å²) in [5, 5.41) is 0. The van der Waals surface area contributed by atoms with Gasteiger partial charge in [-0.15, -0.1) is 0 Å². The lowest BCUT2D eigenvalue weighted by atomic mass is 10.1. The second kappa shape index (κ2) is 7.56. The lowest BCUT2D eigenvalue weighted by molar-refractivity contribution is 0.0755. The van der Waals surface area contributed by atoms with Crippen LogP contribution in [0.5, 0.6) is 0 Å². The van der Waals surface area contributed by atoms with Crippen molar-refractivity contribution in [1.29, 1.82) is 0 Å². The van der Waals surface area contributed by atoms with Crippen LogP contribution in [0.3, 0.4) is 0 Å². The Labute approximate surface area is 118 Å². The number of hydrogen-bond acceptors (Lipinski definition) is 2. The average Bonchev–Trinajstić information content (AvgIpc) is 2.48. The van der Waals surface area contributed by atoms with Crippen LogP contribution >= 0.6 is 0 Å². The second-order valence-corrected chi connectivity index (χ2v) is 4.58. The molecular formula is C17H17FO2. The molecule has 0 aromatic heterocycles. The number of Topliss-reactive ketones (excluding diaryl/α,β-unsaturated/α-hetero) is 1. The zero-order valence-electron chi connectivity index (χ0n) is 11.2. The maximum atomic E-state index is 13.0. The Morgan fingerprint density at radius 2 is 1.85 bits per heavy atom. The van der Waals surface area contributed by atoms with Gasteiger partial charge in [-0.25, -0.2) is 4.39 Å². The smallest absolute Gasteiger partial charge is 0.188 e. The summed E-state index contributed by atoms with van der Waals surface area (Å²) in [5.41, 5.74) is 1.61. The molecule has 3 heteroatoms. The molecule has 0 atom stereocenters. The topological polar surface area (TPSA) is 26.3 Å². The van der Waals surface area contributed by atoms with Crippen LogP contribution in [0, 0.1) is 5.82 Å². The van der Waals surface area contributed by atoms with Gasteiger partial charge in [0.05, 0.1) is 0 Å². The van der Waals surface area contributed by atoms with E-state index in [0.29, 0.717) is 12.2 Å². The molecule has 0 bridgehead atoms. The fourth-order valence-electron chi connectivity index (χ4n) is 1.93. The number of halogens is 1. The van der Waals surface area contributed by atoms with E-state index in [2.05, 4.69) is 12.1 Å². The molecule has 0 aliphatic carbocycles. The van der Waals surface area contributed by atoms with Crippen molar-refractivity contribution in [2.75, 3.05) is 13.2 Å². The van der Waals surface area contributed by atoms with Gasteiger partial charge in [0.25, 0.3) is 0 Å². The molecule has 0 fully saturated rings. The first-order valence-corrected chi connectivity index (χ1v) is 6.66. The molecule has 0 unspecified atom stereocenters. The maximum absolute atomic E-state index is 13.0. The minimum atomic E-state index is -0.403. The highest BCUT2D eigenvalue weighted by molar-refractivity contribution is 5.97. The van der Waals surface area contributed by atoms with Gasteiger partial charge >= 0.3 is 0 Å². The molecule has 0 N–H and O–H groups in total. The van der Waals surface area contributed by atoms with E-state index >= 15 is 0 Å². The van der Waals surface area contributed by atoms with Gasteiger partial charge < -0.3 is 4.74 Å². The van der Waals surface area contributed by atoms with E-state index in [1.165, 1.54) is 23.8 Å². The first-order valence-electron chi connectivity index (χ1n) is 6.66. The van der Waals surface area contributed by atoms with Crippen LogP contribution in [0.4, 0.5) is 4.39 Å². The number of ether oxygens (including phenoxy) is 1. The van der Waals surface area contributed by atoms with Gasteiger partial charge in [0, 0.05) is 12.2 Å². The van der Waals surface area contributed by atoms with Gasteiger partial charge in [0.15, 0.2) is 5.78 Å². The van der Waals surface area contributed by atoms with E-state index in [1.807, 2.05) is 18.2 Å². The Hall–Kier alpha value is -2.00. The fraction of sp³-hybridized carbons (Fsp3) is 0.235. The summed E-state index contributed by atoms with van der Waals surface area (Å²) in [6.45, 7) is 0.522. The van der Waals surface area contributed by atoms with Gasteiger partial charge in [-0.1, -0.05) is 42.5 Å². The highest BCUT2D eigenvalue weighted by atomic mass is 19.1. The number of ketones is 1. The molecule has 2 aromatic rings. The second-order valence-electron chi connectivity index (χ2n) is 4.58. The number of carbonyl (C=O) groups is 1. The summed E-state index contributed by atoms with van der Waals surface area (Å²) in [6.07, 6.45) is 1.79. The van der Waals surface area contributed by atoms with Gasteiger partial charge in [0.1, 0.15) is 12.4 Å². The summed E-state index contributed by atoms with van der Waals surface area (Å²) < 4.78 is 18.3. The first kappa shape index (κ1) is 14.4. The molecule has 0 aliphatic heterocycles. The number of aryl methyl sites for hydroxylation is 1. The highest BCUT2D eigenvalue weighted by Gasteiger charge is 2.06. The normalized spacial score (nSPS) is 10.4. The lowest BCUT2D eigenvalue weighted by Gasteiger charge is -2.04. The summed E-state index contributed by atoms with van der Waals surface area (Å²) in [5.74, 6) is -0.593. The summed E-state index contributed by atoms with van der Waals surface area (Å²) in [6, 6.07) is 15.8. The summed E-state index contributed by atoms with van der Waals surface area (Å²) in [4.78, 5) is 11.7. The summed E-state index contributed by atoms with van der Waals surface area (Å²) >= 11 is 0. The Morgan fingerprint density at radius 1 is 1.05 bits per heavy atom. The van der Waals surface area contributed by atoms with Crippen molar-refractivity contribution in [3.05, 3.63) is 71.5 Å². The maximum Gasteiger partial charge on any atom is 0.188 e. The van der Waals surface area contributed by atoms with Gasteiger partial charge in [-0.05, 0) is 30.5 Å². The number of rotatable bonds is 7. The molecule has 0 spiro atoms. The molecule has 0 aliphatic rings. The van der Waals surface area contributed by atoms with Crippen LogP contribution in [0.2, 0.25) is 0 Å². The number of benzene rings is 2. The summed E-state index contributed by atoms with van der Waals surface area (Å²) in [7, 11) is 0. The molecule has 0 saturated heterocycles. The molecular weight excluding hydrogens is 255 g/mol. The molecule has 2 rings (SSSR count). The molecule has 0 saturated carbocycles. The minimum Gasteiger partial charge on any atom is -0.373 e. The van der Waals surface area contributed by atoms with Crippen LogP contribution in [0.1, 0.15) is 22.3 Å². The first-order chi connectivity index (χ1) is 9.75. The SMILES string of the molecule is O=C(COCCCc1ccccc1)c1cccc(F)c1. The number of hydrogen-bond donors (Lipinski definition) is 0. The Balaban J connectivity index is 1.67. The van der Waals surface area contributed by atoms with E-state index in [-0.39, 0.29) is 12.4 Å². The third-order valence-electron chi connectivity index (χ3n) is 2.98. The van der Waals surface area contributed by atoms with Crippen molar-refractivity contribution in [3.8, 4) is 0 Å². The molecule has 104 valence electrons. The van der Waals surface area contributed by atoms with Gasteiger partial charge in [-0.3, -0.25) is 4.79 Å². The predicted octanol–water partition coefficient (Wildman–Crippen LogP) is 3.66. The van der Waals surface area contributed by atoms with Crippen LogP contribution < -0.4 is 0 Å². The Morgan fingerprint density at radius 3 is 2.60 bits per heavy atom. The Kier molecular flexibility index (Phi) is 5.44. The predicted molar refractivity (Wildman–Crippen MR) is 76.3 cm³/mol. The quantitative estimate of drug-likeness (QED) is 0.568. The van der Waals surface area contributed by atoms with Crippen molar-refractivity contribution in [3.63, 3.8) is 0 Å². The van der Waals surface area contributed by atoms with Crippen LogP contribution in [0.25, 0.3) is 0 Å². The van der Waals surface area contributed by atoms with E-state index in [9.17, 15) is 9.18 Å². The van der Waals surface area contributed by atoms with Crippen LogP contribution in [0.15, 0.2) is 54.6 Å². The zero-order valence-corrected chi connectivity index (χ0v) is 11.2. The third-order valence-corrected chi connectivity index (χ3v) is 2.98. The van der Waals surface area contributed by atoms with Crippen LogP contribution in [-0.4, -0.2) is 19.0 Å². The molecule has 0 heterocycles. The van der Waals surface area contributed by atoms with E-state index in [0.717, 1.165) is 12.8 Å². The molecule has 0 radical (unpaired) electrons. The largest absolute Gasteiger partial charge is 0.373 e. The molecule has 2 nitrogen and oxygen atoms in total. The third kappa shape index (κ3) is 4.59. The molecule has 2 aromatic carbocycles. The number of carbonyl (C=O) groups excluding carboxylic acids is 1. The highest BCUT2D eigenvalue weighted by Crippen LogP contribution is 2.06. The van der Waals surface area contributed by atoms with E-state index < -0.39 is 5.82 Å². The van der Waals surface area contributed by atoms with Crippen LogP contribution in [-0.2, 0) is 11.2 Å². The standard InChI is InChI=1S/C17H17FO2/c18-16-10-4-9-15(12-16)17(19)13-20-11-5-8-14-6-2-1-3-7-14/h1-4,6-7,9-10,12H,5,8,11,13H2. The van der Waals surface area contributed by atoms with Crippen molar-refractivity contribution in [2.45, 2.75) is 12.8 Å². The molecule has 0 amide bonds. The van der Waals surface area contributed by atoms with Crippen molar-refractivity contribution in [2.24, 2.45) is 0 Å². The fourth-order valence-corrected chi connectivity index (χ4v) is 1.93. The van der Waals surface area contributed by atoms with E-state index in [4.69, 9.17) is 4.74 Å². The minimum absolute atomic E-state index is 0.00174. The van der Waals surface area contributed by atoms with Crippen molar-refractivity contribution in [1.82, 2.24) is 0 Å². The zero-order chi connectivity index (χ0) is 14.2. The van der Waals surface area contributed by atoms with Crippen molar-refractivity contribution >= 4 is 5.78 Å². The molecule has 20 heavy (non-hydrogen) atoms. The average molecular weight is 272 g/mol. The van der Waals surface area contributed by atoms with Gasteiger partial charge in [0.2, 0.25) is 0 Å². The monoisotopic (exact) mass is 272 g/mol. The van der Waals surface area contributed by atoms with E-state index in [1.54, 1.807) is 6.07 Å². The van der Waals surface area contributed by atoms with Gasteiger partial charge in [-0.2, -0.15) is 0 Å². The lowest BCUT2D eigenvalue weighted by Crippen LogP contribution is -2.10. The van der Waals surface area contributed by atoms with Crippen molar-refractivity contribution < 1.29 is 13.9 Å².